The van der Waals surface area contributed by atoms with Gasteiger partial charge in [-0.2, -0.15) is 0 Å². The van der Waals surface area contributed by atoms with Crippen molar-refractivity contribution in [3.05, 3.63) is 29.8 Å². The highest BCUT2D eigenvalue weighted by Crippen LogP contribution is 2.16. The number of rotatable bonds is 6. The highest BCUT2D eigenvalue weighted by atomic mass is 16.5. The fourth-order valence-electron chi connectivity index (χ4n) is 3.43. The van der Waals surface area contributed by atoms with Crippen molar-refractivity contribution >= 4 is 11.6 Å². The molecule has 1 N–H and O–H groups in total. The lowest BCUT2D eigenvalue weighted by Gasteiger charge is -2.28. The van der Waals surface area contributed by atoms with E-state index in [1.807, 2.05) is 24.3 Å². The van der Waals surface area contributed by atoms with E-state index in [1.54, 1.807) is 0 Å². The summed E-state index contributed by atoms with van der Waals surface area (Å²) in [5.74, 6) is 0.0298. The second-order valence-electron chi connectivity index (χ2n) is 6.66. The Morgan fingerprint density at radius 3 is 2.42 bits per heavy atom. The zero-order valence-corrected chi connectivity index (χ0v) is 14.5. The smallest absolute Gasteiger partial charge is 0.251 e. The molecule has 1 aromatic carbocycles. The van der Waals surface area contributed by atoms with Gasteiger partial charge in [-0.3, -0.25) is 4.79 Å². The Morgan fingerprint density at radius 2 is 1.71 bits per heavy atom. The van der Waals surface area contributed by atoms with Crippen LogP contribution >= 0.6 is 0 Å². The van der Waals surface area contributed by atoms with Crippen LogP contribution in [0.5, 0.6) is 0 Å². The van der Waals surface area contributed by atoms with Crippen molar-refractivity contribution in [2.45, 2.75) is 25.7 Å². The van der Waals surface area contributed by atoms with E-state index >= 15 is 0 Å². The zero-order chi connectivity index (χ0) is 16.6. The van der Waals surface area contributed by atoms with Crippen molar-refractivity contribution < 1.29 is 9.53 Å². The summed E-state index contributed by atoms with van der Waals surface area (Å²) in [4.78, 5) is 17.0. The van der Waals surface area contributed by atoms with Crippen molar-refractivity contribution in [3.8, 4) is 0 Å². The fourth-order valence-corrected chi connectivity index (χ4v) is 3.43. The number of piperidine rings is 1. The first-order valence-electron chi connectivity index (χ1n) is 9.26. The van der Waals surface area contributed by atoms with Gasteiger partial charge in [0.1, 0.15) is 0 Å². The number of benzene rings is 1. The van der Waals surface area contributed by atoms with Crippen LogP contribution < -0.4 is 10.2 Å². The molecule has 0 aliphatic carbocycles. The van der Waals surface area contributed by atoms with Gasteiger partial charge in [-0.15, -0.1) is 0 Å². The molecule has 0 spiro atoms. The Balaban J connectivity index is 1.39. The lowest BCUT2D eigenvalue weighted by Crippen LogP contribution is -2.36. The Bertz CT molecular complexity index is 506. The van der Waals surface area contributed by atoms with Crippen LogP contribution in [0.15, 0.2) is 24.3 Å². The topological polar surface area (TPSA) is 44.8 Å². The molecule has 1 amide bonds. The number of hydrogen-bond acceptors (Lipinski definition) is 4. The third-order valence-electron chi connectivity index (χ3n) is 4.89. The van der Waals surface area contributed by atoms with Crippen molar-refractivity contribution in [1.82, 2.24) is 10.2 Å². The molecular formula is C19H29N3O2. The lowest BCUT2D eigenvalue weighted by molar-refractivity contribution is 0.0951. The van der Waals surface area contributed by atoms with E-state index in [9.17, 15) is 4.79 Å². The number of likely N-dealkylation sites (tertiary alicyclic amines) is 1. The monoisotopic (exact) mass is 331 g/mol. The molecule has 0 bridgehead atoms. The van der Waals surface area contributed by atoms with Gasteiger partial charge < -0.3 is 19.9 Å². The fraction of sp³-hybridized carbons (Fsp3) is 0.632. The zero-order valence-electron chi connectivity index (χ0n) is 14.5. The van der Waals surface area contributed by atoms with Crippen molar-refractivity contribution in [1.29, 1.82) is 0 Å². The summed E-state index contributed by atoms with van der Waals surface area (Å²) in [6.45, 7) is 7.67. The van der Waals surface area contributed by atoms with E-state index < -0.39 is 0 Å². The Morgan fingerprint density at radius 1 is 1.00 bits per heavy atom. The van der Waals surface area contributed by atoms with E-state index in [4.69, 9.17) is 4.74 Å². The largest absolute Gasteiger partial charge is 0.378 e. The summed E-state index contributed by atoms with van der Waals surface area (Å²) in [6.07, 6.45) is 5.04. The molecule has 2 saturated heterocycles. The number of nitrogens with one attached hydrogen (secondary N) is 1. The Kier molecular flexibility index (Phi) is 6.49. The van der Waals surface area contributed by atoms with Gasteiger partial charge in [0.05, 0.1) is 13.2 Å². The molecule has 0 atom stereocenters. The normalized spacial score (nSPS) is 19.2. The molecule has 0 radical (unpaired) electrons. The quantitative estimate of drug-likeness (QED) is 0.811. The molecule has 0 unspecified atom stereocenters. The number of amides is 1. The average Bonchev–Trinajstić information content (AvgIpc) is 2.67. The van der Waals surface area contributed by atoms with Crippen molar-refractivity contribution in [2.75, 3.05) is 57.4 Å². The minimum atomic E-state index is 0.0298. The van der Waals surface area contributed by atoms with E-state index in [0.29, 0.717) is 0 Å². The molecule has 0 saturated carbocycles. The van der Waals surface area contributed by atoms with E-state index in [1.165, 1.54) is 38.0 Å². The Labute approximate surface area is 145 Å². The summed E-state index contributed by atoms with van der Waals surface area (Å²) in [5, 5.41) is 3.04. The number of nitrogens with zero attached hydrogens (tertiary/aromatic N) is 2. The van der Waals surface area contributed by atoms with Crippen LogP contribution in [0.2, 0.25) is 0 Å². The number of ether oxygens (including phenoxy) is 1. The first-order valence-corrected chi connectivity index (χ1v) is 9.26. The minimum absolute atomic E-state index is 0.0298. The molecule has 2 fully saturated rings. The van der Waals surface area contributed by atoms with Crippen molar-refractivity contribution in [3.63, 3.8) is 0 Å². The third kappa shape index (κ3) is 4.95. The molecule has 1 aromatic rings. The molecule has 132 valence electrons. The summed E-state index contributed by atoms with van der Waals surface area (Å²) >= 11 is 0. The SMILES string of the molecule is O=C(NCCCN1CCCCC1)c1ccc(N2CCOCC2)cc1. The van der Waals surface area contributed by atoms with Crippen LogP contribution in [0.4, 0.5) is 5.69 Å². The molecule has 5 heteroatoms. The van der Waals surface area contributed by atoms with Gasteiger partial charge in [-0.05, 0) is 63.2 Å². The molecule has 3 rings (SSSR count). The molecule has 2 heterocycles. The Hall–Kier alpha value is -1.59. The van der Waals surface area contributed by atoms with E-state index in [0.717, 1.165) is 51.4 Å². The third-order valence-corrected chi connectivity index (χ3v) is 4.89. The maximum absolute atomic E-state index is 12.2. The highest BCUT2D eigenvalue weighted by Gasteiger charge is 2.12. The van der Waals surface area contributed by atoms with Gasteiger partial charge in [0.25, 0.3) is 5.91 Å². The van der Waals surface area contributed by atoms with Gasteiger partial charge in [-0.1, -0.05) is 6.42 Å². The number of carbonyl (C=O) groups is 1. The molecule has 5 nitrogen and oxygen atoms in total. The second-order valence-corrected chi connectivity index (χ2v) is 6.66. The first-order chi connectivity index (χ1) is 11.8. The number of hydrogen-bond donors (Lipinski definition) is 1. The number of anilines is 1. The van der Waals surface area contributed by atoms with Crippen LogP contribution in [-0.2, 0) is 4.74 Å². The second kappa shape index (κ2) is 9.04. The summed E-state index contributed by atoms with van der Waals surface area (Å²) in [6, 6.07) is 7.91. The van der Waals surface area contributed by atoms with Gasteiger partial charge in [0.2, 0.25) is 0 Å². The predicted octanol–water partition coefficient (Wildman–Crippen LogP) is 2.13. The molecular weight excluding hydrogens is 302 g/mol. The lowest BCUT2D eigenvalue weighted by atomic mass is 10.1. The molecule has 24 heavy (non-hydrogen) atoms. The maximum Gasteiger partial charge on any atom is 0.251 e. The first kappa shape index (κ1) is 17.2. The molecule has 0 aromatic heterocycles. The summed E-state index contributed by atoms with van der Waals surface area (Å²) < 4.78 is 5.37. The number of morpholine rings is 1. The van der Waals surface area contributed by atoms with Crippen molar-refractivity contribution in [2.24, 2.45) is 0 Å². The maximum atomic E-state index is 12.2. The predicted molar refractivity (Wildman–Crippen MR) is 96.7 cm³/mol. The summed E-state index contributed by atoms with van der Waals surface area (Å²) in [5.41, 5.74) is 1.91. The van der Waals surface area contributed by atoms with Gasteiger partial charge in [-0.25, -0.2) is 0 Å². The van der Waals surface area contributed by atoms with Gasteiger partial charge in [0.15, 0.2) is 0 Å². The molecule has 2 aliphatic heterocycles. The van der Waals surface area contributed by atoms with Gasteiger partial charge in [0, 0.05) is 30.9 Å². The van der Waals surface area contributed by atoms with E-state index in [-0.39, 0.29) is 5.91 Å². The van der Waals surface area contributed by atoms with Crippen LogP contribution in [0.1, 0.15) is 36.0 Å². The summed E-state index contributed by atoms with van der Waals surface area (Å²) in [7, 11) is 0. The minimum Gasteiger partial charge on any atom is -0.378 e. The number of carbonyl (C=O) groups excluding carboxylic acids is 1. The van der Waals surface area contributed by atoms with Gasteiger partial charge >= 0.3 is 0 Å². The van der Waals surface area contributed by atoms with Crippen LogP contribution in [0.3, 0.4) is 0 Å². The van der Waals surface area contributed by atoms with Crippen LogP contribution in [-0.4, -0.2) is 63.3 Å². The van der Waals surface area contributed by atoms with Crippen LogP contribution in [0.25, 0.3) is 0 Å². The average molecular weight is 331 g/mol. The molecule has 2 aliphatic rings. The van der Waals surface area contributed by atoms with Crippen LogP contribution in [0, 0.1) is 0 Å². The standard InChI is InChI=1S/C19H29N3O2/c23-19(20-9-4-12-21-10-2-1-3-11-21)17-5-7-18(8-6-17)22-13-15-24-16-14-22/h5-8H,1-4,9-16H2,(H,20,23). The van der Waals surface area contributed by atoms with E-state index in [2.05, 4.69) is 15.1 Å². The highest BCUT2D eigenvalue weighted by molar-refractivity contribution is 5.94.